The van der Waals surface area contributed by atoms with Crippen molar-refractivity contribution in [3.8, 4) is 0 Å². The molecule has 0 aromatic heterocycles. The lowest BCUT2D eigenvalue weighted by atomic mass is 10.0. The van der Waals surface area contributed by atoms with Gasteiger partial charge in [0.15, 0.2) is 11.6 Å². The number of halogens is 2. The Kier molecular flexibility index (Phi) is 5.30. The van der Waals surface area contributed by atoms with E-state index in [1.54, 1.807) is 6.07 Å². The molecule has 1 N–H and O–H groups in total. The third kappa shape index (κ3) is 3.90. The average molecular weight is 359 g/mol. The summed E-state index contributed by atoms with van der Waals surface area (Å²) in [7, 11) is 0. The highest BCUT2D eigenvalue weighted by Gasteiger charge is 2.23. The molecule has 1 aliphatic rings. The second-order valence-corrected chi connectivity index (χ2v) is 6.42. The van der Waals surface area contributed by atoms with Gasteiger partial charge >= 0.3 is 5.97 Å². The molecule has 0 bridgehead atoms. The number of aryl methyl sites for hydroxylation is 1. The van der Waals surface area contributed by atoms with Crippen LogP contribution >= 0.6 is 0 Å². The fraction of sp³-hybridized carbons (Fsp3) is 0.300. The summed E-state index contributed by atoms with van der Waals surface area (Å²) in [6, 6.07) is 9.00. The van der Waals surface area contributed by atoms with Crippen LogP contribution in [0.4, 0.5) is 8.78 Å². The fourth-order valence-corrected chi connectivity index (χ4v) is 3.33. The molecule has 0 radical (unpaired) electrons. The Balaban J connectivity index is 1.88. The number of carboxylic acids is 1. The molecule has 6 heteroatoms. The van der Waals surface area contributed by atoms with E-state index in [1.807, 2.05) is 12.1 Å². The van der Waals surface area contributed by atoms with Gasteiger partial charge in [-0.1, -0.05) is 18.2 Å². The molecule has 0 spiro atoms. The number of hydrogen-bond acceptors (Lipinski definition) is 2. The lowest BCUT2D eigenvalue weighted by Crippen LogP contribution is -2.33. The monoisotopic (exact) mass is 359 g/mol. The predicted molar refractivity (Wildman–Crippen MR) is 91.8 cm³/mol. The first-order chi connectivity index (χ1) is 12.5. The molecule has 0 saturated heterocycles. The SMILES string of the molecule is O=C(O)CCN(Cc1ccc(F)c(F)c1)C(=O)c1cccc2c1CCC2. The number of nitrogens with zero attached hydrogens (tertiary/aromatic N) is 1. The maximum atomic E-state index is 13.5. The van der Waals surface area contributed by atoms with Crippen molar-refractivity contribution in [3.63, 3.8) is 0 Å². The van der Waals surface area contributed by atoms with Gasteiger partial charge in [0.2, 0.25) is 0 Å². The van der Waals surface area contributed by atoms with E-state index in [4.69, 9.17) is 5.11 Å². The third-order valence-corrected chi connectivity index (χ3v) is 4.62. The van der Waals surface area contributed by atoms with Gasteiger partial charge in [0.25, 0.3) is 5.91 Å². The number of hydrogen-bond donors (Lipinski definition) is 1. The molecule has 0 fully saturated rings. The molecule has 3 rings (SSSR count). The van der Waals surface area contributed by atoms with E-state index in [-0.39, 0.29) is 25.4 Å². The highest BCUT2D eigenvalue weighted by atomic mass is 19.2. The van der Waals surface area contributed by atoms with E-state index in [9.17, 15) is 18.4 Å². The topological polar surface area (TPSA) is 57.6 Å². The third-order valence-electron chi connectivity index (χ3n) is 4.62. The zero-order valence-electron chi connectivity index (χ0n) is 14.2. The van der Waals surface area contributed by atoms with Crippen molar-refractivity contribution >= 4 is 11.9 Å². The van der Waals surface area contributed by atoms with Crippen LogP contribution in [0.1, 0.15) is 39.9 Å². The Hall–Kier alpha value is -2.76. The van der Waals surface area contributed by atoms with Crippen LogP contribution in [0, 0.1) is 11.6 Å². The largest absolute Gasteiger partial charge is 0.481 e. The summed E-state index contributed by atoms with van der Waals surface area (Å²) >= 11 is 0. The molecular weight excluding hydrogens is 340 g/mol. The van der Waals surface area contributed by atoms with Crippen molar-refractivity contribution in [2.45, 2.75) is 32.2 Å². The van der Waals surface area contributed by atoms with Crippen LogP contribution in [0.3, 0.4) is 0 Å². The Morgan fingerprint density at radius 1 is 1.08 bits per heavy atom. The molecule has 1 amide bonds. The van der Waals surface area contributed by atoms with Crippen molar-refractivity contribution in [2.24, 2.45) is 0 Å². The summed E-state index contributed by atoms with van der Waals surface area (Å²) in [5, 5.41) is 8.97. The summed E-state index contributed by atoms with van der Waals surface area (Å²) in [4.78, 5) is 25.4. The molecule has 0 heterocycles. The van der Waals surface area contributed by atoms with E-state index in [0.717, 1.165) is 42.5 Å². The van der Waals surface area contributed by atoms with Gasteiger partial charge in [-0.15, -0.1) is 0 Å². The van der Waals surface area contributed by atoms with E-state index < -0.39 is 17.6 Å². The molecule has 2 aromatic carbocycles. The number of amides is 1. The number of aliphatic carboxylic acids is 1. The second-order valence-electron chi connectivity index (χ2n) is 6.42. The minimum absolute atomic E-state index is 0.00315. The summed E-state index contributed by atoms with van der Waals surface area (Å²) in [6.45, 7) is 0.0177. The first-order valence-corrected chi connectivity index (χ1v) is 8.51. The first kappa shape index (κ1) is 18.0. The highest BCUT2D eigenvalue weighted by Crippen LogP contribution is 2.26. The van der Waals surface area contributed by atoms with Gasteiger partial charge in [0.05, 0.1) is 6.42 Å². The molecule has 2 aromatic rings. The lowest BCUT2D eigenvalue weighted by molar-refractivity contribution is -0.137. The van der Waals surface area contributed by atoms with Crippen LogP contribution in [0.15, 0.2) is 36.4 Å². The standard InChI is InChI=1S/C20H19F2NO3/c21-17-8-7-13(11-18(17)22)12-23(10-9-19(24)25)20(26)16-6-2-4-14-3-1-5-15(14)16/h2,4,6-8,11H,1,3,5,9-10,12H2,(H,24,25). The number of carboxylic acid groups (broad SMARTS) is 1. The number of carbonyl (C=O) groups is 2. The van der Waals surface area contributed by atoms with Gasteiger partial charge in [-0.2, -0.15) is 0 Å². The summed E-state index contributed by atoms with van der Waals surface area (Å²) in [5.74, 6) is -3.26. The van der Waals surface area contributed by atoms with Gasteiger partial charge in [-0.05, 0) is 54.2 Å². The highest BCUT2D eigenvalue weighted by molar-refractivity contribution is 5.96. The van der Waals surface area contributed by atoms with Gasteiger partial charge < -0.3 is 10.0 Å². The molecule has 26 heavy (non-hydrogen) atoms. The molecule has 0 unspecified atom stereocenters. The van der Waals surface area contributed by atoms with Gasteiger partial charge in [0.1, 0.15) is 0 Å². The van der Waals surface area contributed by atoms with Crippen LogP contribution in [-0.4, -0.2) is 28.4 Å². The van der Waals surface area contributed by atoms with E-state index >= 15 is 0 Å². The van der Waals surface area contributed by atoms with Crippen molar-refractivity contribution < 1.29 is 23.5 Å². The molecule has 0 aliphatic heterocycles. The molecule has 1 aliphatic carbocycles. The van der Waals surface area contributed by atoms with E-state index in [1.165, 1.54) is 11.0 Å². The van der Waals surface area contributed by atoms with Crippen LogP contribution < -0.4 is 0 Å². The number of fused-ring (bicyclic) bond motifs is 1. The maximum absolute atomic E-state index is 13.5. The maximum Gasteiger partial charge on any atom is 0.305 e. The quantitative estimate of drug-likeness (QED) is 0.858. The van der Waals surface area contributed by atoms with Gasteiger partial charge in [-0.3, -0.25) is 9.59 Å². The smallest absolute Gasteiger partial charge is 0.305 e. The molecule has 0 atom stereocenters. The van der Waals surface area contributed by atoms with Crippen LogP contribution in [0.2, 0.25) is 0 Å². The van der Waals surface area contributed by atoms with Crippen LogP contribution in [0.5, 0.6) is 0 Å². The van der Waals surface area contributed by atoms with Crippen molar-refractivity contribution in [1.29, 1.82) is 0 Å². The second kappa shape index (κ2) is 7.64. The summed E-state index contributed by atoms with van der Waals surface area (Å²) in [5.41, 5.74) is 3.12. The zero-order chi connectivity index (χ0) is 18.7. The summed E-state index contributed by atoms with van der Waals surface area (Å²) in [6.07, 6.45) is 2.51. The number of rotatable bonds is 6. The fourth-order valence-electron chi connectivity index (χ4n) is 3.33. The van der Waals surface area contributed by atoms with Crippen molar-refractivity contribution in [3.05, 3.63) is 70.3 Å². The van der Waals surface area contributed by atoms with Crippen molar-refractivity contribution in [1.82, 2.24) is 4.90 Å². The molecular formula is C20H19F2NO3. The number of benzene rings is 2. The van der Waals surface area contributed by atoms with Crippen molar-refractivity contribution in [2.75, 3.05) is 6.54 Å². The lowest BCUT2D eigenvalue weighted by Gasteiger charge is -2.23. The van der Waals surface area contributed by atoms with E-state index in [0.29, 0.717) is 11.1 Å². The average Bonchev–Trinajstić information content (AvgIpc) is 3.09. The molecule has 4 nitrogen and oxygen atoms in total. The van der Waals surface area contributed by atoms with E-state index in [2.05, 4.69) is 0 Å². The Bertz CT molecular complexity index is 851. The van der Waals surface area contributed by atoms with Crippen LogP contribution in [-0.2, 0) is 24.2 Å². The minimum atomic E-state index is -1.02. The zero-order valence-corrected chi connectivity index (χ0v) is 14.2. The molecule has 136 valence electrons. The van der Waals surface area contributed by atoms with Crippen LogP contribution in [0.25, 0.3) is 0 Å². The van der Waals surface area contributed by atoms with Gasteiger partial charge in [-0.25, -0.2) is 8.78 Å². The van der Waals surface area contributed by atoms with Gasteiger partial charge in [0, 0.05) is 18.7 Å². The minimum Gasteiger partial charge on any atom is -0.481 e. The normalized spacial score (nSPS) is 12.7. The molecule has 0 saturated carbocycles. The number of carbonyl (C=O) groups excluding carboxylic acids is 1. The predicted octanol–water partition coefficient (Wildman–Crippen LogP) is 3.57. The Morgan fingerprint density at radius 2 is 1.88 bits per heavy atom. The Morgan fingerprint density at radius 3 is 2.62 bits per heavy atom. The first-order valence-electron chi connectivity index (χ1n) is 8.51. The Labute approximate surface area is 150 Å². The summed E-state index contributed by atoms with van der Waals surface area (Å²) < 4.78 is 26.6.